The van der Waals surface area contributed by atoms with Crippen molar-refractivity contribution in [3.05, 3.63) is 130 Å². The number of sulfonamides is 1. The Labute approximate surface area is 287 Å². The van der Waals surface area contributed by atoms with E-state index in [2.05, 4.69) is 5.32 Å². The molecule has 1 fully saturated rings. The Bertz CT molecular complexity index is 1780. The average molecular weight is 693 g/mol. The predicted octanol–water partition coefficient (Wildman–Crippen LogP) is 7.59. The molecule has 0 bridgehead atoms. The van der Waals surface area contributed by atoms with Crippen LogP contribution in [0, 0.1) is 6.92 Å². The molecule has 1 saturated carbocycles. The zero-order chi connectivity index (χ0) is 33.4. The minimum atomic E-state index is -4.23. The van der Waals surface area contributed by atoms with Gasteiger partial charge in [0, 0.05) is 29.1 Å². The van der Waals surface area contributed by atoms with Gasteiger partial charge in [0.05, 0.1) is 10.6 Å². The minimum Gasteiger partial charge on any atom is -0.352 e. The molecule has 0 radical (unpaired) electrons. The van der Waals surface area contributed by atoms with E-state index in [0.717, 1.165) is 42.0 Å². The first-order valence-electron chi connectivity index (χ1n) is 15.8. The monoisotopic (exact) mass is 691 g/mol. The van der Waals surface area contributed by atoms with Crippen molar-refractivity contribution in [2.24, 2.45) is 0 Å². The molecule has 0 saturated heterocycles. The molecule has 0 spiro atoms. The Kier molecular flexibility index (Phi) is 11.6. The van der Waals surface area contributed by atoms with E-state index < -0.39 is 28.5 Å². The van der Waals surface area contributed by atoms with Crippen LogP contribution in [0.1, 0.15) is 48.8 Å². The van der Waals surface area contributed by atoms with E-state index in [9.17, 15) is 18.0 Å². The highest BCUT2D eigenvalue weighted by molar-refractivity contribution is 7.92. The molecular weight excluding hydrogens is 653 g/mol. The van der Waals surface area contributed by atoms with Crippen molar-refractivity contribution in [2.45, 2.75) is 69.0 Å². The van der Waals surface area contributed by atoms with E-state index in [1.165, 1.54) is 17.0 Å². The summed E-state index contributed by atoms with van der Waals surface area (Å²) < 4.78 is 29.6. The van der Waals surface area contributed by atoms with E-state index in [-0.39, 0.29) is 35.5 Å². The van der Waals surface area contributed by atoms with Gasteiger partial charge in [0.1, 0.15) is 12.6 Å². The van der Waals surface area contributed by atoms with E-state index in [4.69, 9.17) is 23.2 Å². The van der Waals surface area contributed by atoms with Crippen LogP contribution in [0.5, 0.6) is 0 Å². The SMILES string of the molecule is Cc1ccc(Cl)cc1N(CC(=O)N(Cc1ccccc1Cl)[C@@H](Cc1ccccc1)C(=O)NC1CCCCC1)S(=O)(=O)c1ccccc1. The first kappa shape index (κ1) is 34.5. The van der Waals surface area contributed by atoms with Crippen molar-refractivity contribution < 1.29 is 18.0 Å². The van der Waals surface area contributed by atoms with Crippen molar-refractivity contribution in [3.8, 4) is 0 Å². The first-order chi connectivity index (χ1) is 22.6. The maximum absolute atomic E-state index is 14.7. The predicted molar refractivity (Wildman–Crippen MR) is 188 cm³/mol. The summed E-state index contributed by atoms with van der Waals surface area (Å²) in [6.45, 7) is 1.20. The lowest BCUT2D eigenvalue weighted by Gasteiger charge is -2.35. The van der Waals surface area contributed by atoms with Crippen molar-refractivity contribution in [1.82, 2.24) is 10.2 Å². The van der Waals surface area contributed by atoms with Gasteiger partial charge in [-0.2, -0.15) is 0 Å². The van der Waals surface area contributed by atoms with Crippen LogP contribution in [0.15, 0.2) is 108 Å². The lowest BCUT2D eigenvalue weighted by molar-refractivity contribution is -0.140. The number of carbonyl (C=O) groups excluding carboxylic acids is 2. The molecule has 0 aromatic heterocycles. The molecule has 1 aliphatic rings. The molecule has 0 aliphatic heterocycles. The van der Waals surface area contributed by atoms with Crippen molar-refractivity contribution in [1.29, 1.82) is 0 Å². The highest BCUT2D eigenvalue weighted by atomic mass is 35.5. The maximum atomic E-state index is 14.7. The van der Waals surface area contributed by atoms with Gasteiger partial charge in [-0.3, -0.25) is 13.9 Å². The van der Waals surface area contributed by atoms with Crippen LogP contribution >= 0.6 is 23.2 Å². The molecule has 0 unspecified atom stereocenters. The normalized spacial score (nSPS) is 14.3. The summed E-state index contributed by atoms with van der Waals surface area (Å²) in [4.78, 5) is 30.4. The molecule has 7 nitrogen and oxygen atoms in total. The zero-order valence-electron chi connectivity index (χ0n) is 26.3. The van der Waals surface area contributed by atoms with Crippen molar-refractivity contribution in [2.75, 3.05) is 10.8 Å². The molecule has 1 N–H and O–H groups in total. The number of anilines is 1. The van der Waals surface area contributed by atoms with Gasteiger partial charge < -0.3 is 10.2 Å². The summed E-state index contributed by atoms with van der Waals surface area (Å²) in [5, 5.41) is 3.99. The molecule has 4 aromatic rings. The Morgan fingerprint density at radius 2 is 1.49 bits per heavy atom. The third kappa shape index (κ3) is 8.74. The number of nitrogens with one attached hydrogen (secondary N) is 1. The van der Waals surface area contributed by atoms with Crippen LogP contribution in [-0.2, 0) is 32.6 Å². The summed E-state index contributed by atoms with van der Waals surface area (Å²) in [6, 6.07) is 28.6. The lowest BCUT2D eigenvalue weighted by Crippen LogP contribution is -2.55. The Balaban J connectivity index is 1.59. The Morgan fingerprint density at radius 1 is 0.851 bits per heavy atom. The molecule has 0 heterocycles. The third-order valence-corrected chi connectivity index (χ3v) is 10.9. The quantitative estimate of drug-likeness (QED) is 0.166. The molecule has 1 atom stereocenters. The first-order valence-corrected chi connectivity index (χ1v) is 18.0. The molecular formula is C37H39Cl2N3O4S. The summed E-state index contributed by atoms with van der Waals surface area (Å²) in [6.07, 6.45) is 5.17. The van der Waals surface area contributed by atoms with Gasteiger partial charge in [0.15, 0.2) is 0 Å². The van der Waals surface area contributed by atoms with Crippen LogP contribution in [0.4, 0.5) is 5.69 Å². The maximum Gasteiger partial charge on any atom is 0.264 e. The van der Waals surface area contributed by atoms with Crippen LogP contribution < -0.4 is 9.62 Å². The van der Waals surface area contributed by atoms with Crippen LogP contribution in [-0.4, -0.2) is 43.8 Å². The van der Waals surface area contributed by atoms with Gasteiger partial charge in [-0.1, -0.05) is 115 Å². The minimum absolute atomic E-state index is 0.00183. The molecule has 47 heavy (non-hydrogen) atoms. The van der Waals surface area contributed by atoms with Crippen molar-refractivity contribution >= 4 is 50.7 Å². The number of nitrogens with zero attached hydrogens (tertiary/aromatic N) is 2. The van der Waals surface area contributed by atoms with Gasteiger partial charge >= 0.3 is 0 Å². The van der Waals surface area contributed by atoms with E-state index in [0.29, 0.717) is 21.2 Å². The summed E-state index contributed by atoms with van der Waals surface area (Å²) in [7, 11) is -4.23. The highest BCUT2D eigenvalue weighted by Crippen LogP contribution is 2.30. The zero-order valence-corrected chi connectivity index (χ0v) is 28.6. The number of hydrogen-bond acceptors (Lipinski definition) is 4. The smallest absolute Gasteiger partial charge is 0.264 e. The fraction of sp³-hybridized carbons (Fsp3) is 0.297. The second-order valence-electron chi connectivity index (χ2n) is 11.9. The van der Waals surface area contributed by atoms with E-state index in [1.807, 2.05) is 36.4 Å². The third-order valence-electron chi connectivity index (χ3n) is 8.57. The van der Waals surface area contributed by atoms with Gasteiger partial charge in [0.2, 0.25) is 11.8 Å². The molecule has 5 rings (SSSR count). The fourth-order valence-corrected chi connectivity index (χ4v) is 7.85. The number of amides is 2. The van der Waals surface area contributed by atoms with Gasteiger partial charge in [-0.05, 0) is 66.8 Å². The van der Waals surface area contributed by atoms with Gasteiger partial charge in [-0.25, -0.2) is 8.42 Å². The second-order valence-corrected chi connectivity index (χ2v) is 14.6. The number of carbonyl (C=O) groups is 2. The number of aryl methyl sites for hydroxylation is 1. The number of hydrogen-bond donors (Lipinski definition) is 1. The molecule has 246 valence electrons. The van der Waals surface area contributed by atoms with Crippen molar-refractivity contribution in [3.63, 3.8) is 0 Å². The number of benzene rings is 4. The fourth-order valence-electron chi connectivity index (χ4n) is 5.99. The van der Waals surface area contributed by atoms with Crippen LogP contribution in [0.2, 0.25) is 10.0 Å². The molecule has 2 amide bonds. The molecule has 4 aromatic carbocycles. The lowest BCUT2D eigenvalue weighted by atomic mass is 9.94. The standard InChI is InChI=1S/C37H39Cl2N3O4S/c1-27-21-22-30(38)24-34(27)42(47(45,46)32-18-9-4-10-19-32)26-36(43)41(25-29-15-11-12-20-33(29)39)35(23-28-13-5-2-6-14-28)37(44)40-31-16-7-3-8-17-31/h2,4-6,9-15,18-22,24,31,35H,3,7-8,16-17,23,25-26H2,1H3,(H,40,44)/t35-/m0/s1. The van der Waals surface area contributed by atoms with E-state index >= 15 is 0 Å². The van der Waals surface area contributed by atoms with Gasteiger partial charge in [0.25, 0.3) is 10.0 Å². The Morgan fingerprint density at radius 3 is 2.17 bits per heavy atom. The highest BCUT2D eigenvalue weighted by Gasteiger charge is 2.36. The average Bonchev–Trinajstić information content (AvgIpc) is 3.08. The topological polar surface area (TPSA) is 86.8 Å². The summed E-state index contributed by atoms with van der Waals surface area (Å²) >= 11 is 13.0. The second kappa shape index (κ2) is 15.8. The number of halogens is 2. The van der Waals surface area contributed by atoms with E-state index in [1.54, 1.807) is 61.5 Å². The summed E-state index contributed by atoms with van der Waals surface area (Å²) in [5.41, 5.74) is 2.41. The number of rotatable bonds is 12. The van der Waals surface area contributed by atoms with Gasteiger partial charge in [-0.15, -0.1) is 0 Å². The Hall–Kier alpha value is -3.85. The van der Waals surface area contributed by atoms with Crippen LogP contribution in [0.3, 0.4) is 0 Å². The largest absolute Gasteiger partial charge is 0.352 e. The molecule has 1 aliphatic carbocycles. The molecule has 10 heteroatoms. The van der Waals surface area contributed by atoms with Crippen LogP contribution in [0.25, 0.3) is 0 Å². The summed E-state index contributed by atoms with van der Waals surface area (Å²) in [5.74, 6) is -0.832.